The van der Waals surface area contributed by atoms with Gasteiger partial charge in [0.1, 0.15) is 5.92 Å². The summed E-state index contributed by atoms with van der Waals surface area (Å²) in [5, 5.41) is 8.48. The van der Waals surface area contributed by atoms with Gasteiger partial charge in [0, 0.05) is 5.71 Å². The molecular formula is C8H8N2O. The molecule has 1 rings (SSSR count). The summed E-state index contributed by atoms with van der Waals surface area (Å²) >= 11 is 0. The van der Waals surface area contributed by atoms with Crippen LogP contribution in [0.5, 0.6) is 0 Å². The Bertz CT molecular complexity index is 294. The molecule has 0 saturated heterocycles. The molecule has 0 bridgehead atoms. The Balaban J connectivity index is 3.00. The lowest BCUT2D eigenvalue weighted by molar-refractivity contribution is -0.118. The minimum Gasteiger partial charge on any atom is -0.271 e. The summed E-state index contributed by atoms with van der Waals surface area (Å²) in [6.07, 6.45) is 1.64. The Morgan fingerprint density at radius 1 is 1.64 bits per heavy atom. The Kier molecular flexibility index (Phi) is 1.86. The van der Waals surface area contributed by atoms with Crippen molar-refractivity contribution in [3.05, 3.63) is 11.6 Å². The van der Waals surface area contributed by atoms with Crippen LogP contribution < -0.4 is 0 Å². The summed E-state index contributed by atoms with van der Waals surface area (Å²) < 4.78 is 0. The predicted octanol–water partition coefficient (Wildman–Crippen LogP) is 1.07. The molecule has 0 N–H and O–H groups in total. The van der Waals surface area contributed by atoms with E-state index in [1.807, 2.05) is 13.0 Å². The fourth-order valence-electron chi connectivity index (χ4n) is 0.857. The molecular weight excluding hydrogens is 140 g/mol. The molecule has 0 saturated carbocycles. The van der Waals surface area contributed by atoms with Crippen molar-refractivity contribution < 1.29 is 4.79 Å². The average molecular weight is 148 g/mol. The molecule has 0 aromatic heterocycles. The van der Waals surface area contributed by atoms with E-state index in [2.05, 4.69) is 4.99 Å². The number of rotatable bonds is 0. The smallest absolute Gasteiger partial charge is 0.267 e. The van der Waals surface area contributed by atoms with Gasteiger partial charge in [-0.2, -0.15) is 5.26 Å². The molecule has 11 heavy (non-hydrogen) atoms. The number of dihydropyridines is 1. The zero-order valence-electron chi connectivity index (χ0n) is 6.46. The van der Waals surface area contributed by atoms with Crippen molar-refractivity contribution in [3.63, 3.8) is 0 Å². The normalized spacial score (nSPS) is 23.7. The van der Waals surface area contributed by atoms with E-state index in [1.54, 1.807) is 13.0 Å². The number of carbonyl (C=O) groups excluding carboxylic acids is 1. The second-order valence-electron chi connectivity index (χ2n) is 2.49. The van der Waals surface area contributed by atoms with Crippen LogP contribution in [0.1, 0.15) is 13.8 Å². The lowest BCUT2D eigenvalue weighted by Crippen LogP contribution is -2.16. The number of nitrogens with zero attached hydrogens (tertiary/aromatic N) is 2. The van der Waals surface area contributed by atoms with Crippen molar-refractivity contribution in [2.75, 3.05) is 0 Å². The second kappa shape index (κ2) is 2.67. The largest absolute Gasteiger partial charge is 0.271 e. The number of hydrogen-bond donors (Lipinski definition) is 0. The molecule has 0 unspecified atom stereocenters. The van der Waals surface area contributed by atoms with Crippen LogP contribution in [0, 0.1) is 17.2 Å². The molecule has 0 radical (unpaired) electrons. The highest BCUT2D eigenvalue weighted by Gasteiger charge is 2.19. The van der Waals surface area contributed by atoms with Gasteiger partial charge in [-0.15, -0.1) is 0 Å². The predicted molar refractivity (Wildman–Crippen MR) is 41.0 cm³/mol. The molecule has 0 aromatic carbocycles. The van der Waals surface area contributed by atoms with Gasteiger partial charge in [0.25, 0.3) is 5.91 Å². The maximum Gasteiger partial charge on any atom is 0.267 e. The Morgan fingerprint density at radius 3 is 2.82 bits per heavy atom. The quantitative estimate of drug-likeness (QED) is 0.516. The van der Waals surface area contributed by atoms with Crippen LogP contribution in [0.2, 0.25) is 0 Å². The molecule has 0 fully saturated rings. The molecule has 0 spiro atoms. The number of aliphatic imine (C=N–C) groups is 1. The molecule has 1 aliphatic rings. The van der Waals surface area contributed by atoms with Gasteiger partial charge in [-0.1, -0.05) is 6.08 Å². The van der Waals surface area contributed by atoms with Crippen LogP contribution in [0.15, 0.2) is 16.6 Å². The van der Waals surface area contributed by atoms with Crippen molar-refractivity contribution in [2.24, 2.45) is 10.9 Å². The molecule has 56 valence electrons. The number of allylic oxidation sites excluding steroid dienone is 1. The SMILES string of the molecule is CC1=C[C@H](C#N)C(=O)N=C1C. The van der Waals surface area contributed by atoms with Crippen molar-refractivity contribution in [1.29, 1.82) is 5.26 Å². The monoisotopic (exact) mass is 148 g/mol. The number of nitriles is 1. The number of amides is 1. The summed E-state index contributed by atoms with van der Waals surface area (Å²) in [4.78, 5) is 14.6. The fourth-order valence-corrected chi connectivity index (χ4v) is 0.857. The Morgan fingerprint density at radius 2 is 2.27 bits per heavy atom. The molecule has 0 aliphatic carbocycles. The number of hydrogen-bond acceptors (Lipinski definition) is 2. The fraction of sp³-hybridized carbons (Fsp3) is 0.375. The van der Waals surface area contributed by atoms with Gasteiger partial charge in [-0.25, -0.2) is 4.99 Å². The summed E-state index contributed by atoms with van der Waals surface area (Å²) in [7, 11) is 0. The Labute approximate surface area is 65.0 Å². The molecule has 3 heteroatoms. The third-order valence-electron chi connectivity index (χ3n) is 1.67. The van der Waals surface area contributed by atoms with E-state index in [9.17, 15) is 4.79 Å². The van der Waals surface area contributed by atoms with Gasteiger partial charge in [0.15, 0.2) is 0 Å². The topological polar surface area (TPSA) is 53.2 Å². The van der Waals surface area contributed by atoms with Gasteiger partial charge in [-0.3, -0.25) is 4.79 Å². The summed E-state index contributed by atoms with van der Waals surface area (Å²) in [6, 6.07) is 1.87. The molecule has 3 nitrogen and oxygen atoms in total. The molecule has 1 aliphatic heterocycles. The number of carbonyl (C=O) groups is 1. The second-order valence-corrected chi connectivity index (χ2v) is 2.49. The minimum absolute atomic E-state index is 0.351. The summed E-state index contributed by atoms with van der Waals surface area (Å²) in [6.45, 7) is 3.60. The third kappa shape index (κ3) is 1.35. The maximum absolute atomic E-state index is 10.9. The highest BCUT2D eigenvalue weighted by atomic mass is 16.1. The first-order valence-electron chi connectivity index (χ1n) is 3.32. The lowest BCUT2D eigenvalue weighted by Gasteiger charge is -2.08. The minimum atomic E-state index is -0.668. The maximum atomic E-state index is 10.9. The van der Waals surface area contributed by atoms with Gasteiger partial charge < -0.3 is 0 Å². The van der Waals surface area contributed by atoms with Gasteiger partial charge in [-0.05, 0) is 19.4 Å². The molecule has 1 amide bonds. The zero-order chi connectivity index (χ0) is 8.43. The van der Waals surface area contributed by atoms with Crippen LogP contribution in [0.4, 0.5) is 0 Å². The van der Waals surface area contributed by atoms with E-state index >= 15 is 0 Å². The standard InChI is InChI=1S/C8H8N2O/c1-5-3-7(4-9)8(11)10-6(5)2/h3,7H,1-2H3/t7-/m1/s1. The van der Waals surface area contributed by atoms with E-state index in [0.29, 0.717) is 5.71 Å². The highest BCUT2D eigenvalue weighted by molar-refractivity contribution is 6.08. The van der Waals surface area contributed by atoms with E-state index < -0.39 is 5.92 Å². The van der Waals surface area contributed by atoms with Crippen molar-refractivity contribution in [3.8, 4) is 6.07 Å². The molecule has 1 heterocycles. The highest BCUT2D eigenvalue weighted by Crippen LogP contribution is 2.12. The van der Waals surface area contributed by atoms with Crippen LogP contribution in [0.3, 0.4) is 0 Å². The van der Waals surface area contributed by atoms with Crippen molar-refractivity contribution in [1.82, 2.24) is 0 Å². The van der Waals surface area contributed by atoms with E-state index in [1.165, 1.54) is 0 Å². The Hall–Kier alpha value is -1.43. The van der Waals surface area contributed by atoms with Gasteiger partial charge in [0.2, 0.25) is 0 Å². The lowest BCUT2D eigenvalue weighted by atomic mass is 10.0. The van der Waals surface area contributed by atoms with Crippen LogP contribution in [-0.2, 0) is 4.79 Å². The van der Waals surface area contributed by atoms with Crippen molar-refractivity contribution in [2.45, 2.75) is 13.8 Å². The van der Waals surface area contributed by atoms with E-state index in [4.69, 9.17) is 5.26 Å². The van der Waals surface area contributed by atoms with E-state index in [-0.39, 0.29) is 5.91 Å². The average Bonchev–Trinajstić information content (AvgIpc) is 1.97. The first-order valence-corrected chi connectivity index (χ1v) is 3.32. The van der Waals surface area contributed by atoms with Gasteiger partial charge in [0.05, 0.1) is 6.07 Å². The van der Waals surface area contributed by atoms with Crippen molar-refractivity contribution >= 4 is 11.6 Å². The van der Waals surface area contributed by atoms with E-state index in [0.717, 1.165) is 5.57 Å². The first-order chi connectivity index (χ1) is 5.15. The van der Waals surface area contributed by atoms with Crippen LogP contribution in [-0.4, -0.2) is 11.6 Å². The first kappa shape index (κ1) is 7.67. The summed E-state index contributed by atoms with van der Waals surface area (Å²) in [5.41, 5.74) is 1.62. The summed E-state index contributed by atoms with van der Waals surface area (Å²) in [5.74, 6) is -1.02. The van der Waals surface area contributed by atoms with Crippen LogP contribution in [0.25, 0.3) is 0 Å². The zero-order valence-corrected chi connectivity index (χ0v) is 6.46. The van der Waals surface area contributed by atoms with Gasteiger partial charge >= 0.3 is 0 Å². The molecule has 1 atom stereocenters. The molecule has 0 aromatic rings. The third-order valence-corrected chi connectivity index (χ3v) is 1.67. The van der Waals surface area contributed by atoms with Crippen LogP contribution >= 0.6 is 0 Å².